The van der Waals surface area contributed by atoms with Crippen LogP contribution in [-0.2, 0) is 4.79 Å². The van der Waals surface area contributed by atoms with E-state index in [0.29, 0.717) is 18.7 Å². The van der Waals surface area contributed by atoms with E-state index in [4.69, 9.17) is 4.42 Å². The molecule has 0 radical (unpaired) electrons. The maximum absolute atomic E-state index is 13.5. The van der Waals surface area contributed by atoms with Crippen LogP contribution in [0.15, 0.2) is 34.7 Å². The lowest BCUT2D eigenvalue weighted by molar-refractivity contribution is -0.167. The minimum atomic E-state index is -4.77. The van der Waals surface area contributed by atoms with Crippen LogP contribution in [0.2, 0.25) is 0 Å². The van der Waals surface area contributed by atoms with Gasteiger partial charge < -0.3 is 14.6 Å². The van der Waals surface area contributed by atoms with Crippen molar-refractivity contribution < 1.29 is 22.4 Å². The van der Waals surface area contributed by atoms with Crippen LogP contribution >= 0.6 is 0 Å². The van der Waals surface area contributed by atoms with Gasteiger partial charge in [-0.1, -0.05) is 23.3 Å². The molecule has 9 heteroatoms. The smallest absolute Gasteiger partial charge is 0.403 e. The third kappa shape index (κ3) is 3.77. The van der Waals surface area contributed by atoms with E-state index in [1.54, 1.807) is 30.3 Å². The second kappa shape index (κ2) is 6.54. The highest BCUT2D eigenvalue weighted by atomic mass is 19.4. The van der Waals surface area contributed by atoms with E-state index in [2.05, 4.69) is 15.5 Å². The summed E-state index contributed by atoms with van der Waals surface area (Å²) in [4.78, 5) is 13.8. The van der Waals surface area contributed by atoms with E-state index in [1.807, 2.05) is 0 Å². The lowest BCUT2D eigenvalue weighted by atomic mass is 9.93. The number of hydrogen-bond acceptors (Lipinski definition) is 5. The van der Waals surface area contributed by atoms with E-state index in [-0.39, 0.29) is 11.3 Å². The fourth-order valence-corrected chi connectivity index (χ4v) is 3.45. The van der Waals surface area contributed by atoms with E-state index in [0.717, 1.165) is 25.7 Å². The number of piperidine rings is 1. The highest BCUT2D eigenvalue weighted by Gasteiger charge is 2.50. The number of amides is 1. The van der Waals surface area contributed by atoms with Gasteiger partial charge in [0.15, 0.2) is 0 Å². The highest BCUT2D eigenvalue weighted by Crippen LogP contribution is 2.53. The molecule has 1 amide bonds. The first kappa shape index (κ1) is 17.8. The Hall–Kier alpha value is -2.58. The van der Waals surface area contributed by atoms with Crippen LogP contribution in [0.4, 0.5) is 19.2 Å². The molecule has 1 atom stereocenters. The Labute approximate surface area is 153 Å². The SMILES string of the molecule is O=C([C@H](Nc1nnc(-c2ccccc2)o1)C(F)(F)F)N1CCC2(CC1)CC2. The summed E-state index contributed by atoms with van der Waals surface area (Å²) >= 11 is 0. The van der Waals surface area contributed by atoms with Crippen molar-refractivity contribution in [2.45, 2.75) is 37.9 Å². The fraction of sp³-hybridized carbons (Fsp3) is 0.500. The first-order chi connectivity index (χ1) is 12.9. The molecule has 1 aliphatic heterocycles. The predicted molar refractivity (Wildman–Crippen MR) is 90.7 cm³/mol. The largest absolute Gasteiger partial charge is 0.417 e. The Morgan fingerprint density at radius 3 is 2.37 bits per heavy atom. The number of carbonyl (C=O) groups is 1. The molecule has 0 bridgehead atoms. The Balaban J connectivity index is 1.48. The van der Waals surface area contributed by atoms with Crippen LogP contribution in [0, 0.1) is 5.41 Å². The van der Waals surface area contributed by atoms with Gasteiger partial charge in [-0.2, -0.15) is 13.2 Å². The molecule has 0 unspecified atom stereocenters. The molecule has 1 saturated carbocycles. The van der Waals surface area contributed by atoms with Crippen molar-refractivity contribution in [1.29, 1.82) is 0 Å². The van der Waals surface area contributed by atoms with Crippen molar-refractivity contribution in [3.8, 4) is 11.5 Å². The quantitative estimate of drug-likeness (QED) is 0.879. The summed E-state index contributed by atoms with van der Waals surface area (Å²) in [6.07, 6.45) is -1.02. The first-order valence-corrected chi connectivity index (χ1v) is 8.87. The lowest BCUT2D eigenvalue weighted by Gasteiger charge is -2.34. The summed E-state index contributed by atoms with van der Waals surface area (Å²) in [6, 6.07) is 5.85. The fourth-order valence-electron chi connectivity index (χ4n) is 3.45. The first-order valence-electron chi connectivity index (χ1n) is 8.87. The number of benzene rings is 1. The van der Waals surface area contributed by atoms with Gasteiger partial charge >= 0.3 is 12.2 Å². The van der Waals surface area contributed by atoms with E-state index in [1.165, 1.54) is 4.90 Å². The molecule has 2 aliphatic rings. The Morgan fingerprint density at radius 2 is 1.78 bits per heavy atom. The van der Waals surface area contributed by atoms with Gasteiger partial charge in [-0.25, -0.2) is 0 Å². The third-order valence-corrected chi connectivity index (χ3v) is 5.38. The summed E-state index contributed by atoms with van der Waals surface area (Å²) in [7, 11) is 0. The van der Waals surface area contributed by atoms with E-state index >= 15 is 0 Å². The average Bonchev–Trinajstić information content (AvgIpc) is 3.23. The normalized spacial score (nSPS) is 19.7. The lowest BCUT2D eigenvalue weighted by Crippen LogP contribution is -2.53. The molecule has 1 N–H and O–H groups in total. The third-order valence-electron chi connectivity index (χ3n) is 5.38. The summed E-state index contributed by atoms with van der Waals surface area (Å²) in [5.74, 6) is -0.919. The van der Waals surface area contributed by atoms with Crippen LogP contribution in [0.25, 0.3) is 11.5 Å². The number of hydrogen-bond donors (Lipinski definition) is 1. The molecule has 1 aromatic carbocycles. The Morgan fingerprint density at radius 1 is 1.11 bits per heavy atom. The summed E-state index contributed by atoms with van der Waals surface area (Å²) in [5.41, 5.74) is 0.855. The number of halogens is 3. The molecule has 144 valence electrons. The molecule has 2 fully saturated rings. The van der Waals surface area contributed by atoms with Gasteiger partial charge in [0.25, 0.3) is 5.91 Å². The van der Waals surface area contributed by atoms with Crippen LogP contribution in [0.5, 0.6) is 0 Å². The van der Waals surface area contributed by atoms with Gasteiger partial charge in [0.1, 0.15) is 0 Å². The molecule has 1 aliphatic carbocycles. The second-order valence-electron chi connectivity index (χ2n) is 7.22. The summed E-state index contributed by atoms with van der Waals surface area (Å²) in [5, 5.41) is 9.44. The zero-order chi connectivity index (χ0) is 19.1. The number of carbonyl (C=O) groups excluding carboxylic acids is 1. The van der Waals surface area contributed by atoms with Crippen molar-refractivity contribution in [2.75, 3.05) is 18.4 Å². The minimum absolute atomic E-state index is 0.0834. The van der Waals surface area contributed by atoms with Crippen molar-refractivity contribution in [1.82, 2.24) is 15.1 Å². The average molecular weight is 380 g/mol. The number of alkyl halides is 3. The van der Waals surface area contributed by atoms with Gasteiger partial charge in [0.05, 0.1) is 0 Å². The Kier molecular flexibility index (Phi) is 4.32. The van der Waals surface area contributed by atoms with E-state index in [9.17, 15) is 18.0 Å². The molecule has 1 saturated heterocycles. The van der Waals surface area contributed by atoms with Gasteiger partial charge in [-0.3, -0.25) is 4.79 Å². The standard InChI is InChI=1S/C18H19F3N4O2/c19-18(20,21)13(15(26)25-10-8-17(6-7-17)9-11-25)22-16-24-23-14(27-16)12-4-2-1-3-5-12/h1-5,13H,6-11H2,(H,22,24)/t13-/m0/s1. The van der Waals surface area contributed by atoms with Crippen molar-refractivity contribution >= 4 is 11.9 Å². The number of likely N-dealkylation sites (tertiary alicyclic amines) is 1. The summed E-state index contributed by atoms with van der Waals surface area (Å²) < 4.78 is 45.8. The molecule has 2 heterocycles. The molecule has 4 rings (SSSR count). The topological polar surface area (TPSA) is 71.3 Å². The van der Waals surface area contributed by atoms with Gasteiger partial charge in [0.2, 0.25) is 11.9 Å². The zero-order valence-electron chi connectivity index (χ0n) is 14.5. The van der Waals surface area contributed by atoms with Crippen molar-refractivity contribution in [3.63, 3.8) is 0 Å². The molecule has 6 nitrogen and oxygen atoms in total. The molecular weight excluding hydrogens is 361 g/mol. The minimum Gasteiger partial charge on any atom is -0.403 e. The molecule has 1 aromatic heterocycles. The molecular formula is C18H19F3N4O2. The molecule has 27 heavy (non-hydrogen) atoms. The predicted octanol–water partition coefficient (Wildman–Crippen LogP) is 3.48. The van der Waals surface area contributed by atoms with Gasteiger partial charge in [-0.15, -0.1) is 5.10 Å². The van der Waals surface area contributed by atoms with E-state index < -0.39 is 24.1 Å². The second-order valence-corrected chi connectivity index (χ2v) is 7.22. The summed E-state index contributed by atoms with van der Waals surface area (Å²) in [6.45, 7) is 0.707. The number of nitrogens with one attached hydrogen (secondary N) is 1. The highest BCUT2D eigenvalue weighted by molar-refractivity contribution is 5.85. The molecule has 1 spiro atoms. The van der Waals surface area contributed by atoms with Gasteiger partial charge in [-0.05, 0) is 43.2 Å². The van der Waals surface area contributed by atoms with Crippen LogP contribution in [-0.4, -0.2) is 46.3 Å². The van der Waals surface area contributed by atoms with Crippen molar-refractivity contribution in [2.24, 2.45) is 5.41 Å². The number of aromatic nitrogens is 2. The van der Waals surface area contributed by atoms with Crippen LogP contribution < -0.4 is 5.32 Å². The maximum Gasteiger partial charge on any atom is 0.417 e. The zero-order valence-corrected chi connectivity index (χ0v) is 14.5. The van der Waals surface area contributed by atoms with Crippen molar-refractivity contribution in [3.05, 3.63) is 30.3 Å². The number of nitrogens with zero attached hydrogens (tertiary/aromatic N) is 3. The van der Waals surface area contributed by atoms with Crippen LogP contribution in [0.1, 0.15) is 25.7 Å². The monoisotopic (exact) mass is 380 g/mol. The van der Waals surface area contributed by atoms with Gasteiger partial charge in [0, 0.05) is 18.7 Å². The number of rotatable bonds is 4. The Bertz CT molecular complexity index is 808. The molecule has 2 aromatic rings. The number of anilines is 1. The maximum atomic E-state index is 13.5. The van der Waals surface area contributed by atoms with Crippen LogP contribution in [0.3, 0.4) is 0 Å².